The molecule has 10 nitrogen and oxygen atoms in total. The summed E-state index contributed by atoms with van der Waals surface area (Å²) in [7, 11) is 0. The van der Waals surface area contributed by atoms with Crippen LogP contribution in [0.25, 0.3) is 11.4 Å². The number of aromatic nitrogens is 4. The van der Waals surface area contributed by atoms with Crippen molar-refractivity contribution in [1.82, 2.24) is 19.9 Å². The van der Waals surface area contributed by atoms with Crippen molar-refractivity contribution in [2.45, 2.75) is 26.3 Å². The number of carbonyl (C=O) groups is 2. The van der Waals surface area contributed by atoms with Crippen molar-refractivity contribution in [3.05, 3.63) is 42.4 Å². The molecule has 2 aromatic heterocycles. The summed E-state index contributed by atoms with van der Waals surface area (Å²) in [5.74, 6) is 0.521. The van der Waals surface area contributed by atoms with Crippen molar-refractivity contribution >= 4 is 17.7 Å². The molecular weight excluding hydrogens is 366 g/mol. The van der Waals surface area contributed by atoms with Crippen LogP contribution in [0.2, 0.25) is 0 Å². The van der Waals surface area contributed by atoms with E-state index in [0.717, 1.165) is 11.3 Å². The first-order valence-electron chi connectivity index (χ1n) is 8.64. The van der Waals surface area contributed by atoms with Crippen LogP contribution in [0.15, 0.2) is 41.1 Å². The molecule has 146 valence electrons. The summed E-state index contributed by atoms with van der Waals surface area (Å²) in [6, 6.07) is 8.84. The fourth-order valence-corrected chi connectivity index (χ4v) is 2.42. The largest absolute Gasteiger partial charge is 0.494 e. The lowest BCUT2D eigenvalue weighted by atomic mass is 10.2. The smallest absolute Gasteiger partial charge is 0.325 e. The molecule has 0 unspecified atom stereocenters. The van der Waals surface area contributed by atoms with Gasteiger partial charge < -0.3 is 19.7 Å². The molecule has 0 aliphatic heterocycles. The molecule has 2 N–H and O–H groups in total. The molecule has 0 aliphatic carbocycles. The Balaban J connectivity index is 1.51. The van der Waals surface area contributed by atoms with E-state index in [-0.39, 0.29) is 31.1 Å². The lowest BCUT2D eigenvalue weighted by molar-refractivity contribution is -0.137. The van der Waals surface area contributed by atoms with E-state index in [1.807, 2.05) is 31.2 Å². The van der Waals surface area contributed by atoms with Gasteiger partial charge in [-0.15, -0.1) is 0 Å². The third-order valence-corrected chi connectivity index (χ3v) is 3.66. The first kappa shape index (κ1) is 19.1. The summed E-state index contributed by atoms with van der Waals surface area (Å²) in [4.78, 5) is 26.9. The van der Waals surface area contributed by atoms with E-state index in [4.69, 9.17) is 14.4 Å². The number of ether oxygens (including phenoxy) is 1. The predicted molar refractivity (Wildman–Crippen MR) is 97.7 cm³/mol. The summed E-state index contributed by atoms with van der Waals surface area (Å²) in [5.41, 5.74) is 0.784. The van der Waals surface area contributed by atoms with E-state index in [1.165, 1.54) is 16.9 Å². The first-order chi connectivity index (χ1) is 13.5. The van der Waals surface area contributed by atoms with Gasteiger partial charge in [-0.1, -0.05) is 5.16 Å². The zero-order chi connectivity index (χ0) is 19.9. The predicted octanol–water partition coefficient (Wildman–Crippen LogP) is 1.99. The number of carboxylic acids is 1. The molecule has 0 atom stereocenters. The van der Waals surface area contributed by atoms with Gasteiger partial charge in [0, 0.05) is 30.7 Å². The quantitative estimate of drug-likeness (QED) is 0.571. The lowest BCUT2D eigenvalue weighted by Gasteiger charge is -2.02. The number of benzene rings is 1. The highest BCUT2D eigenvalue weighted by atomic mass is 16.5. The van der Waals surface area contributed by atoms with Gasteiger partial charge in [0.15, 0.2) is 5.82 Å². The first-order valence-corrected chi connectivity index (χ1v) is 8.64. The van der Waals surface area contributed by atoms with Crippen molar-refractivity contribution in [3.63, 3.8) is 0 Å². The molecule has 0 bridgehead atoms. The molecule has 0 radical (unpaired) electrons. The molecule has 3 rings (SSSR count). The number of aliphatic carboxylic acids is 1. The van der Waals surface area contributed by atoms with Crippen LogP contribution >= 0.6 is 0 Å². The van der Waals surface area contributed by atoms with Gasteiger partial charge in [0.2, 0.25) is 17.6 Å². The second-order valence-electron chi connectivity index (χ2n) is 5.81. The number of carbonyl (C=O) groups excluding carboxylic acids is 1. The molecule has 0 saturated heterocycles. The van der Waals surface area contributed by atoms with Crippen LogP contribution in [-0.4, -0.2) is 43.5 Å². The highest BCUT2D eigenvalue weighted by molar-refractivity contribution is 5.89. The van der Waals surface area contributed by atoms with Crippen molar-refractivity contribution in [3.8, 4) is 17.1 Å². The molecule has 10 heteroatoms. The maximum Gasteiger partial charge on any atom is 0.325 e. The third kappa shape index (κ3) is 5.16. The molecule has 0 spiro atoms. The average Bonchev–Trinajstić information content (AvgIpc) is 3.30. The minimum Gasteiger partial charge on any atom is -0.494 e. The van der Waals surface area contributed by atoms with Gasteiger partial charge in [-0.3, -0.25) is 14.3 Å². The fourth-order valence-electron chi connectivity index (χ4n) is 2.42. The third-order valence-electron chi connectivity index (χ3n) is 3.66. The van der Waals surface area contributed by atoms with Gasteiger partial charge >= 0.3 is 5.97 Å². The van der Waals surface area contributed by atoms with E-state index in [2.05, 4.69) is 20.6 Å². The molecule has 3 aromatic rings. The standard InChI is InChI=1S/C18H19N5O5/c1-2-27-13-5-3-12(4-6-13)18-20-16(28-22-18)8-7-15(24)19-14-9-10-23(21-14)11-17(25)26/h3-6,9-10H,2,7-8,11H2,1H3,(H,25,26)(H,19,21,24). The van der Waals surface area contributed by atoms with Crippen LogP contribution in [0.3, 0.4) is 0 Å². The number of amides is 1. The van der Waals surface area contributed by atoms with Gasteiger partial charge in [-0.25, -0.2) is 0 Å². The highest BCUT2D eigenvalue weighted by Crippen LogP contribution is 2.20. The maximum absolute atomic E-state index is 12.0. The van der Waals surface area contributed by atoms with Crippen LogP contribution in [0.1, 0.15) is 19.2 Å². The summed E-state index contributed by atoms with van der Waals surface area (Å²) < 4.78 is 11.8. The highest BCUT2D eigenvalue weighted by Gasteiger charge is 2.12. The van der Waals surface area contributed by atoms with Gasteiger partial charge in [-0.05, 0) is 31.2 Å². The molecule has 0 saturated carbocycles. The molecule has 0 aliphatic rings. The van der Waals surface area contributed by atoms with E-state index in [1.54, 1.807) is 0 Å². The SMILES string of the molecule is CCOc1ccc(-c2noc(CCC(=O)Nc3ccn(CC(=O)O)n3)n2)cc1. The minimum absolute atomic E-state index is 0.122. The number of hydrogen-bond donors (Lipinski definition) is 2. The minimum atomic E-state index is -1.01. The Kier molecular flexibility index (Phi) is 6.00. The Bertz CT molecular complexity index is 947. The average molecular weight is 385 g/mol. The number of aryl methyl sites for hydroxylation is 1. The Hall–Kier alpha value is -3.69. The summed E-state index contributed by atoms with van der Waals surface area (Å²) in [6.07, 6.45) is 1.87. The maximum atomic E-state index is 12.0. The van der Waals surface area contributed by atoms with Crippen LogP contribution < -0.4 is 10.1 Å². The van der Waals surface area contributed by atoms with Crippen molar-refractivity contribution in [1.29, 1.82) is 0 Å². The van der Waals surface area contributed by atoms with Gasteiger partial charge in [0.1, 0.15) is 12.3 Å². The Labute approximate surface area is 160 Å². The molecule has 28 heavy (non-hydrogen) atoms. The van der Waals surface area contributed by atoms with E-state index < -0.39 is 5.97 Å². The monoisotopic (exact) mass is 385 g/mol. The topological polar surface area (TPSA) is 132 Å². The number of nitrogens with zero attached hydrogens (tertiary/aromatic N) is 4. The number of rotatable bonds is 9. The zero-order valence-corrected chi connectivity index (χ0v) is 15.2. The van der Waals surface area contributed by atoms with Crippen LogP contribution in [0.5, 0.6) is 5.75 Å². The van der Waals surface area contributed by atoms with Gasteiger partial charge in [0.05, 0.1) is 6.61 Å². The molecular formula is C18H19N5O5. The van der Waals surface area contributed by atoms with Gasteiger partial charge in [-0.2, -0.15) is 10.1 Å². The number of anilines is 1. The van der Waals surface area contributed by atoms with E-state index in [0.29, 0.717) is 18.3 Å². The number of carboxylic acid groups (broad SMARTS) is 1. The Morgan fingerprint density at radius 1 is 1.25 bits per heavy atom. The fraction of sp³-hybridized carbons (Fsp3) is 0.278. The second kappa shape index (κ2) is 8.80. The van der Waals surface area contributed by atoms with E-state index in [9.17, 15) is 9.59 Å². The number of nitrogens with one attached hydrogen (secondary N) is 1. The summed E-state index contributed by atoms with van der Waals surface area (Å²) >= 11 is 0. The summed E-state index contributed by atoms with van der Waals surface area (Å²) in [5, 5.41) is 19.2. The normalized spacial score (nSPS) is 10.6. The molecule has 0 fully saturated rings. The van der Waals surface area contributed by atoms with Crippen molar-refractivity contribution in [2.75, 3.05) is 11.9 Å². The molecule has 1 amide bonds. The lowest BCUT2D eigenvalue weighted by Crippen LogP contribution is -2.14. The Morgan fingerprint density at radius 3 is 2.75 bits per heavy atom. The van der Waals surface area contributed by atoms with Crippen LogP contribution in [0, 0.1) is 0 Å². The Morgan fingerprint density at radius 2 is 2.04 bits per heavy atom. The van der Waals surface area contributed by atoms with Gasteiger partial charge in [0.25, 0.3) is 0 Å². The second-order valence-corrected chi connectivity index (χ2v) is 5.81. The van der Waals surface area contributed by atoms with Crippen molar-refractivity contribution in [2.24, 2.45) is 0 Å². The zero-order valence-electron chi connectivity index (χ0n) is 15.2. The molecule has 1 aromatic carbocycles. The van der Waals surface area contributed by atoms with E-state index >= 15 is 0 Å². The summed E-state index contributed by atoms with van der Waals surface area (Å²) in [6.45, 7) is 2.23. The molecule has 2 heterocycles. The van der Waals surface area contributed by atoms with Crippen LogP contribution in [0.4, 0.5) is 5.82 Å². The number of hydrogen-bond acceptors (Lipinski definition) is 7. The van der Waals surface area contributed by atoms with Crippen LogP contribution in [-0.2, 0) is 22.6 Å². The van der Waals surface area contributed by atoms with Crippen molar-refractivity contribution < 1.29 is 24.0 Å².